The Balaban J connectivity index is 1.94. The number of nitrogens with zero attached hydrogens (tertiary/aromatic N) is 2. The van der Waals surface area contributed by atoms with Crippen LogP contribution in [-0.2, 0) is 5.72 Å². The zero-order valence-corrected chi connectivity index (χ0v) is 18.4. The molecule has 0 bridgehead atoms. The Hall–Kier alpha value is -2.24. The van der Waals surface area contributed by atoms with Crippen LogP contribution in [0.4, 0.5) is 16.2 Å². The van der Waals surface area contributed by atoms with E-state index in [9.17, 15) is 9.90 Å². The molecule has 1 saturated heterocycles. The Kier molecular flexibility index (Phi) is 5.69. The number of carbonyl (C=O) groups is 1. The van der Waals surface area contributed by atoms with E-state index in [4.69, 9.17) is 34.8 Å². The van der Waals surface area contributed by atoms with Crippen LogP contribution in [0.5, 0.6) is 0 Å². The molecule has 1 N–H and O–H groups in total. The number of aliphatic hydroxyl groups is 1. The molecular formula is C23H19Cl3N2O2. The van der Waals surface area contributed by atoms with Gasteiger partial charge in [0.25, 0.3) is 0 Å². The number of anilines is 2. The van der Waals surface area contributed by atoms with Crippen molar-refractivity contribution < 1.29 is 9.90 Å². The lowest BCUT2D eigenvalue weighted by Gasteiger charge is -2.37. The standard InChI is InChI=1S/C23H19Cl3N2O2/c1-2-21-23(30,15-4-3-5-18(26)14-15)28(20-12-8-17(25)9-13-20)22(29)27(21)19-10-6-16(24)7-11-19/h3-14,21,30H,2H2,1H3/t21-,23?/m0/s1. The van der Waals surface area contributed by atoms with Gasteiger partial charge in [-0.2, -0.15) is 0 Å². The first-order chi connectivity index (χ1) is 14.4. The predicted octanol–water partition coefficient (Wildman–Crippen LogP) is 6.72. The van der Waals surface area contributed by atoms with Crippen molar-refractivity contribution in [2.75, 3.05) is 9.80 Å². The molecule has 0 aliphatic carbocycles. The summed E-state index contributed by atoms with van der Waals surface area (Å²) >= 11 is 18.3. The lowest BCUT2D eigenvalue weighted by atomic mass is 9.92. The summed E-state index contributed by atoms with van der Waals surface area (Å²) in [5.74, 6) is 0. The van der Waals surface area contributed by atoms with E-state index in [1.54, 1.807) is 77.7 Å². The van der Waals surface area contributed by atoms with Gasteiger partial charge in [-0.3, -0.25) is 9.80 Å². The molecule has 0 spiro atoms. The number of hydrogen-bond donors (Lipinski definition) is 1. The molecule has 0 radical (unpaired) electrons. The normalized spacial score (nSPS) is 21.4. The van der Waals surface area contributed by atoms with Crippen molar-refractivity contribution in [2.24, 2.45) is 0 Å². The van der Waals surface area contributed by atoms with Gasteiger partial charge in [0.05, 0.1) is 6.04 Å². The Morgan fingerprint density at radius 1 is 0.867 bits per heavy atom. The lowest BCUT2D eigenvalue weighted by Crippen LogP contribution is -2.49. The molecule has 4 rings (SSSR count). The van der Waals surface area contributed by atoms with Crippen LogP contribution in [0, 0.1) is 0 Å². The van der Waals surface area contributed by atoms with Crippen LogP contribution in [0.3, 0.4) is 0 Å². The summed E-state index contributed by atoms with van der Waals surface area (Å²) in [6.07, 6.45) is 0.501. The summed E-state index contributed by atoms with van der Waals surface area (Å²) in [6, 6.07) is 19.8. The summed E-state index contributed by atoms with van der Waals surface area (Å²) in [5, 5.41) is 13.7. The van der Waals surface area contributed by atoms with Crippen molar-refractivity contribution in [3.8, 4) is 0 Å². The maximum atomic E-state index is 13.7. The van der Waals surface area contributed by atoms with Crippen molar-refractivity contribution in [1.29, 1.82) is 0 Å². The van der Waals surface area contributed by atoms with Crippen LogP contribution >= 0.6 is 34.8 Å². The molecule has 7 heteroatoms. The molecule has 1 fully saturated rings. The minimum atomic E-state index is -1.65. The van der Waals surface area contributed by atoms with E-state index in [1.807, 2.05) is 6.92 Å². The highest BCUT2D eigenvalue weighted by Gasteiger charge is 2.58. The number of urea groups is 1. The van der Waals surface area contributed by atoms with Gasteiger partial charge in [0.15, 0.2) is 5.72 Å². The molecular weight excluding hydrogens is 443 g/mol. The first kappa shape index (κ1) is 21.0. The lowest BCUT2D eigenvalue weighted by molar-refractivity contribution is 0.0307. The maximum Gasteiger partial charge on any atom is 0.332 e. The van der Waals surface area contributed by atoms with Crippen molar-refractivity contribution in [2.45, 2.75) is 25.1 Å². The number of rotatable bonds is 4. The minimum absolute atomic E-state index is 0.353. The highest BCUT2D eigenvalue weighted by atomic mass is 35.5. The fraction of sp³-hybridized carbons (Fsp3) is 0.174. The van der Waals surface area contributed by atoms with Gasteiger partial charge < -0.3 is 5.11 Å². The van der Waals surface area contributed by atoms with Crippen molar-refractivity contribution in [3.63, 3.8) is 0 Å². The van der Waals surface area contributed by atoms with E-state index < -0.39 is 11.8 Å². The highest BCUT2D eigenvalue weighted by Crippen LogP contribution is 2.46. The average Bonchev–Trinajstić information content (AvgIpc) is 2.97. The topological polar surface area (TPSA) is 43.8 Å². The molecule has 0 aromatic heterocycles. The highest BCUT2D eigenvalue weighted by molar-refractivity contribution is 6.31. The van der Waals surface area contributed by atoms with Gasteiger partial charge in [0, 0.05) is 32.0 Å². The van der Waals surface area contributed by atoms with E-state index in [0.717, 1.165) is 0 Å². The molecule has 30 heavy (non-hydrogen) atoms. The zero-order valence-electron chi connectivity index (χ0n) is 16.1. The largest absolute Gasteiger partial charge is 0.365 e. The molecule has 4 nitrogen and oxygen atoms in total. The van der Waals surface area contributed by atoms with Crippen molar-refractivity contribution in [3.05, 3.63) is 93.4 Å². The number of halogens is 3. The molecule has 154 valence electrons. The van der Waals surface area contributed by atoms with E-state index >= 15 is 0 Å². The van der Waals surface area contributed by atoms with Crippen LogP contribution in [0.25, 0.3) is 0 Å². The molecule has 3 aromatic rings. The second kappa shape index (κ2) is 8.12. The summed E-state index contributed by atoms with van der Waals surface area (Å²) < 4.78 is 0. The predicted molar refractivity (Wildman–Crippen MR) is 123 cm³/mol. The van der Waals surface area contributed by atoms with Gasteiger partial charge in [0.2, 0.25) is 0 Å². The molecule has 0 saturated carbocycles. The van der Waals surface area contributed by atoms with Gasteiger partial charge in [-0.05, 0) is 67.1 Å². The van der Waals surface area contributed by atoms with E-state index in [0.29, 0.717) is 38.4 Å². The zero-order chi connectivity index (χ0) is 21.5. The Morgan fingerprint density at radius 2 is 1.43 bits per heavy atom. The number of amides is 2. The van der Waals surface area contributed by atoms with Crippen molar-refractivity contribution in [1.82, 2.24) is 0 Å². The molecule has 1 unspecified atom stereocenters. The van der Waals surface area contributed by atoms with Gasteiger partial charge in [-0.25, -0.2) is 4.79 Å². The average molecular weight is 462 g/mol. The second-order valence-electron chi connectivity index (χ2n) is 7.10. The van der Waals surface area contributed by atoms with Crippen LogP contribution < -0.4 is 9.80 Å². The molecule has 1 heterocycles. The smallest absolute Gasteiger partial charge is 0.332 e. The van der Waals surface area contributed by atoms with Crippen LogP contribution in [0.1, 0.15) is 18.9 Å². The Bertz CT molecular complexity index is 1070. The van der Waals surface area contributed by atoms with E-state index in [-0.39, 0.29) is 6.03 Å². The van der Waals surface area contributed by atoms with Crippen LogP contribution in [0.15, 0.2) is 72.8 Å². The van der Waals surface area contributed by atoms with Gasteiger partial charge in [0.1, 0.15) is 0 Å². The van der Waals surface area contributed by atoms with Crippen LogP contribution in [-0.4, -0.2) is 17.2 Å². The minimum Gasteiger partial charge on any atom is -0.365 e. The second-order valence-corrected chi connectivity index (χ2v) is 8.41. The molecule has 3 aromatic carbocycles. The third-order valence-electron chi connectivity index (χ3n) is 5.34. The fourth-order valence-electron chi connectivity index (χ4n) is 4.01. The summed E-state index contributed by atoms with van der Waals surface area (Å²) in [6.45, 7) is 1.93. The molecule has 1 aliphatic rings. The Labute approximate surface area is 190 Å². The molecule has 2 amide bonds. The van der Waals surface area contributed by atoms with Gasteiger partial charge >= 0.3 is 6.03 Å². The molecule has 2 atom stereocenters. The summed E-state index contributed by atoms with van der Waals surface area (Å²) in [5.41, 5.74) is 0.0565. The third kappa shape index (κ3) is 3.44. The SMILES string of the molecule is CC[C@@H]1N(c2ccc(Cl)cc2)C(=O)N(c2ccc(Cl)cc2)C1(O)c1cccc(Cl)c1. The van der Waals surface area contributed by atoms with Crippen molar-refractivity contribution >= 4 is 52.2 Å². The van der Waals surface area contributed by atoms with Crippen LogP contribution in [0.2, 0.25) is 15.1 Å². The fourth-order valence-corrected chi connectivity index (χ4v) is 4.45. The number of benzene rings is 3. The van der Waals surface area contributed by atoms with Gasteiger partial charge in [-0.15, -0.1) is 0 Å². The van der Waals surface area contributed by atoms with Gasteiger partial charge in [-0.1, -0.05) is 53.9 Å². The maximum absolute atomic E-state index is 13.7. The Morgan fingerprint density at radius 3 is 1.97 bits per heavy atom. The summed E-state index contributed by atoms with van der Waals surface area (Å²) in [4.78, 5) is 16.7. The number of carbonyl (C=O) groups excluding carboxylic acids is 1. The monoisotopic (exact) mass is 460 g/mol. The first-order valence-corrected chi connectivity index (χ1v) is 10.6. The van der Waals surface area contributed by atoms with E-state index in [1.165, 1.54) is 4.90 Å². The third-order valence-corrected chi connectivity index (χ3v) is 6.08. The van der Waals surface area contributed by atoms with E-state index in [2.05, 4.69) is 0 Å². The quantitative estimate of drug-likeness (QED) is 0.469. The number of hydrogen-bond acceptors (Lipinski definition) is 2. The summed E-state index contributed by atoms with van der Waals surface area (Å²) in [7, 11) is 0. The molecule has 1 aliphatic heterocycles. The first-order valence-electron chi connectivity index (χ1n) is 9.49.